The fourth-order valence-corrected chi connectivity index (χ4v) is 2.28. The van der Waals surface area contributed by atoms with Crippen LogP contribution in [0.3, 0.4) is 0 Å². The van der Waals surface area contributed by atoms with Crippen molar-refractivity contribution in [3.05, 3.63) is 12.7 Å². The van der Waals surface area contributed by atoms with E-state index >= 15 is 0 Å². The summed E-state index contributed by atoms with van der Waals surface area (Å²) in [5.41, 5.74) is 0.833. The van der Waals surface area contributed by atoms with Crippen molar-refractivity contribution in [1.82, 2.24) is 19.5 Å². The Labute approximate surface area is 113 Å². The zero-order valence-corrected chi connectivity index (χ0v) is 10.6. The van der Waals surface area contributed by atoms with Crippen LogP contribution >= 0.6 is 0 Å². The van der Waals surface area contributed by atoms with Gasteiger partial charge < -0.3 is 24.8 Å². The van der Waals surface area contributed by atoms with Gasteiger partial charge in [-0.25, -0.2) is 9.97 Å². The Balaban J connectivity index is 2.03. The lowest BCUT2D eigenvalue weighted by Crippen LogP contribution is -2.33. The zero-order valence-electron chi connectivity index (χ0n) is 10.6. The molecule has 9 heteroatoms. The van der Waals surface area contributed by atoms with Gasteiger partial charge >= 0.3 is 0 Å². The molecule has 3 heterocycles. The summed E-state index contributed by atoms with van der Waals surface area (Å²) in [5, 5.41) is 28.9. The number of rotatable bonds is 3. The summed E-state index contributed by atoms with van der Waals surface area (Å²) in [5.74, 6) is 0.306. The van der Waals surface area contributed by atoms with Gasteiger partial charge in [-0.2, -0.15) is 4.98 Å². The van der Waals surface area contributed by atoms with Gasteiger partial charge in [0.25, 0.3) is 0 Å². The normalized spacial score (nSPS) is 30.0. The molecule has 1 fully saturated rings. The number of hydrogen-bond acceptors (Lipinski definition) is 8. The van der Waals surface area contributed by atoms with Crippen LogP contribution in [0.4, 0.5) is 0 Å². The maximum Gasteiger partial charge on any atom is 0.245 e. The number of hydrogen-bond donors (Lipinski definition) is 3. The van der Waals surface area contributed by atoms with Crippen molar-refractivity contribution in [3.63, 3.8) is 0 Å². The first kappa shape index (κ1) is 13.2. The van der Waals surface area contributed by atoms with Crippen LogP contribution in [0.2, 0.25) is 0 Å². The largest absolute Gasteiger partial charge is 0.479 e. The Morgan fingerprint density at radius 1 is 1.30 bits per heavy atom. The number of aliphatic hydroxyl groups is 3. The van der Waals surface area contributed by atoms with Crippen molar-refractivity contribution in [2.24, 2.45) is 0 Å². The quantitative estimate of drug-likeness (QED) is 0.618. The van der Waals surface area contributed by atoms with E-state index in [4.69, 9.17) is 14.6 Å². The van der Waals surface area contributed by atoms with Crippen LogP contribution in [0.15, 0.2) is 12.7 Å². The first-order chi connectivity index (χ1) is 9.67. The SMILES string of the molecule is COc1ncnc2c1ncn2[C@@H]1O[C@H](CO)[C@@H](O)[C@@H]1O. The molecule has 1 aliphatic rings. The predicted octanol–water partition coefficient (Wildman–Crippen LogP) is -1.55. The monoisotopic (exact) mass is 282 g/mol. The average molecular weight is 282 g/mol. The summed E-state index contributed by atoms with van der Waals surface area (Å²) < 4.78 is 12.0. The summed E-state index contributed by atoms with van der Waals surface area (Å²) >= 11 is 0. The van der Waals surface area contributed by atoms with Crippen molar-refractivity contribution in [2.75, 3.05) is 13.7 Å². The Kier molecular flexibility index (Phi) is 3.26. The van der Waals surface area contributed by atoms with E-state index in [9.17, 15) is 10.2 Å². The maximum atomic E-state index is 10.0. The number of nitrogens with zero attached hydrogens (tertiary/aromatic N) is 4. The fraction of sp³-hybridized carbons (Fsp3) is 0.545. The van der Waals surface area contributed by atoms with E-state index in [1.54, 1.807) is 0 Å². The molecule has 0 saturated carbocycles. The summed E-state index contributed by atoms with van der Waals surface area (Å²) in [6.45, 7) is -0.389. The minimum Gasteiger partial charge on any atom is -0.479 e. The van der Waals surface area contributed by atoms with Crippen LogP contribution in [0.25, 0.3) is 11.2 Å². The third kappa shape index (κ3) is 1.83. The Hall–Kier alpha value is -1.81. The second kappa shape index (κ2) is 4.94. The van der Waals surface area contributed by atoms with Gasteiger partial charge in [0.05, 0.1) is 20.0 Å². The first-order valence-electron chi connectivity index (χ1n) is 6.01. The Morgan fingerprint density at radius 3 is 2.75 bits per heavy atom. The standard InChI is InChI=1S/C11H14N4O5/c1-19-10-6-9(12-3-13-10)15(4-14-6)11-8(18)7(17)5(2-16)20-11/h3-5,7-8,11,16-18H,2H2,1H3/t5-,7-,8+,11-/m1/s1. The highest BCUT2D eigenvalue weighted by atomic mass is 16.6. The first-order valence-corrected chi connectivity index (χ1v) is 6.01. The van der Waals surface area contributed by atoms with Crippen molar-refractivity contribution in [1.29, 1.82) is 0 Å². The summed E-state index contributed by atoms with van der Waals surface area (Å²) in [4.78, 5) is 12.1. The van der Waals surface area contributed by atoms with Crippen LogP contribution in [0.1, 0.15) is 6.23 Å². The van der Waals surface area contributed by atoms with Crippen molar-refractivity contribution in [3.8, 4) is 5.88 Å². The van der Waals surface area contributed by atoms with E-state index in [1.165, 1.54) is 24.3 Å². The van der Waals surface area contributed by atoms with E-state index in [2.05, 4.69) is 15.0 Å². The van der Waals surface area contributed by atoms with Gasteiger partial charge in [0.1, 0.15) is 24.6 Å². The lowest BCUT2D eigenvalue weighted by Gasteiger charge is -2.16. The van der Waals surface area contributed by atoms with Gasteiger partial charge in [-0.3, -0.25) is 4.57 Å². The van der Waals surface area contributed by atoms with Gasteiger partial charge in [-0.05, 0) is 0 Å². The lowest BCUT2D eigenvalue weighted by molar-refractivity contribution is -0.0511. The highest BCUT2D eigenvalue weighted by Crippen LogP contribution is 2.32. The molecular weight excluding hydrogens is 268 g/mol. The molecule has 3 N–H and O–H groups in total. The Bertz CT molecular complexity index is 618. The second-order valence-electron chi connectivity index (χ2n) is 4.44. The number of ether oxygens (including phenoxy) is 2. The van der Waals surface area contributed by atoms with Crippen molar-refractivity contribution >= 4 is 11.2 Å². The highest BCUT2D eigenvalue weighted by Gasteiger charge is 2.44. The maximum absolute atomic E-state index is 10.0. The van der Waals surface area contributed by atoms with Gasteiger partial charge in [-0.1, -0.05) is 0 Å². The highest BCUT2D eigenvalue weighted by molar-refractivity contribution is 5.76. The molecule has 0 radical (unpaired) electrons. The molecular formula is C11H14N4O5. The molecule has 0 bridgehead atoms. The summed E-state index contributed by atoms with van der Waals surface area (Å²) in [7, 11) is 1.47. The molecule has 9 nitrogen and oxygen atoms in total. The number of aliphatic hydroxyl groups excluding tert-OH is 3. The number of aromatic nitrogens is 4. The van der Waals surface area contributed by atoms with E-state index in [-0.39, 0.29) is 6.61 Å². The number of imidazole rings is 1. The van der Waals surface area contributed by atoms with Crippen molar-refractivity contribution in [2.45, 2.75) is 24.5 Å². The number of methoxy groups -OCH3 is 1. The summed E-state index contributed by atoms with van der Waals surface area (Å²) in [6.07, 6.45) is -1.37. The third-order valence-electron chi connectivity index (χ3n) is 3.31. The minimum atomic E-state index is -1.19. The molecule has 0 spiro atoms. The molecule has 0 unspecified atom stereocenters. The van der Waals surface area contributed by atoms with Gasteiger partial charge in [0.2, 0.25) is 5.88 Å². The van der Waals surface area contributed by atoms with Gasteiger partial charge in [0.15, 0.2) is 17.4 Å². The molecule has 2 aromatic rings. The van der Waals surface area contributed by atoms with E-state index in [0.29, 0.717) is 17.0 Å². The molecule has 2 aromatic heterocycles. The molecule has 0 aliphatic carbocycles. The third-order valence-corrected chi connectivity index (χ3v) is 3.31. The van der Waals surface area contributed by atoms with Crippen molar-refractivity contribution < 1.29 is 24.8 Å². The predicted molar refractivity (Wildman–Crippen MR) is 64.9 cm³/mol. The summed E-state index contributed by atoms with van der Waals surface area (Å²) in [6, 6.07) is 0. The van der Waals surface area contributed by atoms with E-state index in [0.717, 1.165) is 0 Å². The molecule has 1 aliphatic heterocycles. The molecule has 4 atom stereocenters. The zero-order chi connectivity index (χ0) is 14.3. The van der Waals surface area contributed by atoms with E-state index < -0.39 is 24.5 Å². The molecule has 1 saturated heterocycles. The van der Waals surface area contributed by atoms with Gasteiger partial charge in [0, 0.05) is 0 Å². The van der Waals surface area contributed by atoms with E-state index in [1.807, 2.05) is 0 Å². The number of fused-ring (bicyclic) bond motifs is 1. The van der Waals surface area contributed by atoms with Crippen LogP contribution in [0, 0.1) is 0 Å². The molecule has 108 valence electrons. The minimum absolute atomic E-state index is 0.306. The molecule has 3 rings (SSSR count). The second-order valence-corrected chi connectivity index (χ2v) is 4.44. The fourth-order valence-electron chi connectivity index (χ4n) is 2.28. The van der Waals surface area contributed by atoms with Crippen LogP contribution in [-0.4, -0.2) is 66.9 Å². The van der Waals surface area contributed by atoms with Crippen LogP contribution in [0.5, 0.6) is 5.88 Å². The topological polar surface area (TPSA) is 123 Å². The average Bonchev–Trinajstić information content (AvgIpc) is 3.01. The molecule has 0 aromatic carbocycles. The van der Waals surface area contributed by atoms with Crippen LogP contribution < -0.4 is 4.74 Å². The lowest BCUT2D eigenvalue weighted by atomic mass is 10.1. The van der Waals surface area contributed by atoms with Gasteiger partial charge in [-0.15, -0.1) is 0 Å². The smallest absolute Gasteiger partial charge is 0.245 e. The molecule has 0 amide bonds. The molecule has 20 heavy (non-hydrogen) atoms. The van der Waals surface area contributed by atoms with Crippen LogP contribution in [-0.2, 0) is 4.74 Å². The Morgan fingerprint density at radius 2 is 2.10 bits per heavy atom.